The average molecular weight is 1820 g/mol. The number of nitro benzene ring substituents is 2. The molecule has 18 fully saturated rings. The molecule has 134 heavy (non-hydrogen) atoms. The monoisotopic (exact) mass is 1820 g/mol. The molecule has 16 aliphatic carbocycles. The third kappa shape index (κ3) is 21.5. The summed E-state index contributed by atoms with van der Waals surface area (Å²) < 4.78 is 26.9. The number of para-hydroxylation sites is 2. The van der Waals surface area contributed by atoms with Gasteiger partial charge in [0, 0.05) is 248 Å². The lowest BCUT2D eigenvalue weighted by atomic mass is 9.54. The topological polar surface area (TPSA) is 125 Å². The zero-order chi connectivity index (χ0) is 90.9. The van der Waals surface area contributed by atoms with E-state index in [0.717, 1.165) is 239 Å². The molecule has 16 bridgehead atoms. The van der Waals surface area contributed by atoms with E-state index in [1.165, 1.54) is 235 Å². The summed E-state index contributed by atoms with van der Waals surface area (Å²) in [4.78, 5) is 51.5. The molecule has 0 N–H and O–H groups in total. The van der Waals surface area contributed by atoms with E-state index in [4.69, 9.17) is 0 Å². The van der Waals surface area contributed by atoms with Gasteiger partial charge in [0.15, 0.2) is 0 Å². The third-order valence-electron chi connectivity index (χ3n) is 37.0. The molecule has 0 radical (unpaired) electrons. The average Bonchev–Trinajstić information content (AvgIpc) is 1.01. The molecule has 6 aliphatic heterocycles. The van der Waals surface area contributed by atoms with Gasteiger partial charge in [0.05, 0.1) is 15.5 Å². The number of anilines is 6. The highest BCUT2D eigenvalue weighted by atomic mass is 19.1. The molecule has 716 valence electrons. The van der Waals surface area contributed by atoms with Gasteiger partial charge in [0.2, 0.25) is 0 Å². The standard InChI is InChI=1S/C20H27FN2.C20H27N3O2.C20H28N2.C18H23FN2.C18H23N3O2.C18H24N2/c21-18-1-3-19(4-2-18)22-5-7-23(8-6-22)20-16-10-14-9-15(12-16)13-17(20)11-14;24-23(25)19-3-1-18(2-4-19)21-5-7-22(8-6-21)20-16-10-14-9-15(12-16)13-17(20)11-14;1-15-3-4-16(2)20(11-15)22-9-7-21(8-10-22)14-19-13-17-5-6-18(19)12-17;19-17-3-1-2-4-18(17)21-9-7-20(8-10-21)13-16-12-14-5-6-15(16)11-14;22-21(23)18-5-3-17(4-6-18)20-9-7-19(8-10-20)13-16-12-14-1-2-15(16)11-14;1-2-4-18(5-3-1)20-10-8-19(9-11-20)14-17-13-15-6-7-16(17)12-15/h1-4,14-17,20H,5-13H2;1-4,14-17,20H,5-13H2;3-6,11,17-19H,7-10,12-14H2,1-2H3;1-6,14-16H,7-13H2;1-6,14-16H,7-13H2;1-7,15-17H,8-14H2. The summed E-state index contributed by atoms with van der Waals surface area (Å²) in [5.41, 5.74) is 10.1. The molecule has 6 aromatic rings. The van der Waals surface area contributed by atoms with Crippen LogP contribution in [0.5, 0.6) is 0 Å². The van der Waals surface area contributed by atoms with Gasteiger partial charge in [-0.25, -0.2) is 8.78 Å². The SMILES string of the molecule is C1=CC2CC1CC2CN1CCN(c2ccccc2)CC1.Cc1ccc(C)c(N2CCN(CC3CC4C=CC3C4)CC2)c1.Fc1ccc(N2CCN(C3C4CC5CC(C4)CC3C5)CC2)cc1.Fc1ccccc1N1CCN(CC2CC3C=CC2C3)CC1.O=[N+]([O-])c1ccc(N2CCN(C3C4CC5CC(C4)CC3C5)CC2)cc1.O=[N+]([O-])c1ccc(N2CCN(CC3CC4C=CC3C4)CC2)cc1. The largest absolute Gasteiger partial charge is 0.369 e. The number of aryl methyl sites for hydroxylation is 2. The number of piperazine rings is 6. The Morgan fingerprint density at radius 3 is 0.903 bits per heavy atom. The first-order chi connectivity index (χ1) is 65.5. The number of nitrogens with zero attached hydrogens (tertiary/aromatic N) is 14. The van der Waals surface area contributed by atoms with Crippen molar-refractivity contribution in [2.75, 3.05) is 213 Å². The van der Waals surface area contributed by atoms with E-state index in [1.54, 1.807) is 48.5 Å². The molecule has 0 amide bonds. The predicted molar refractivity (Wildman–Crippen MR) is 541 cm³/mol. The van der Waals surface area contributed by atoms with E-state index in [2.05, 4.69) is 170 Å². The highest BCUT2D eigenvalue weighted by Crippen LogP contribution is 2.58. The first-order valence-electron chi connectivity index (χ1n) is 53.2. The number of rotatable bonds is 18. The molecule has 20 heteroatoms. The Morgan fingerprint density at radius 1 is 0.291 bits per heavy atom. The minimum Gasteiger partial charge on any atom is -0.369 e. The van der Waals surface area contributed by atoms with Crippen LogP contribution in [0.4, 0.5) is 54.3 Å². The lowest BCUT2D eigenvalue weighted by Crippen LogP contribution is -2.60. The number of hydrogen-bond acceptors (Lipinski definition) is 16. The zero-order valence-corrected chi connectivity index (χ0v) is 80.4. The molecule has 6 saturated heterocycles. The van der Waals surface area contributed by atoms with Crippen LogP contribution in [-0.2, 0) is 0 Å². The molecule has 12 saturated carbocycles. The number of benzene rings is 6. The second kappa shape index (κ2) is 41.7. The molecule has 0 aromatic heterocycles. The number of fused-ring (bicyclic) bond motifs is 8. The molecular weight excluding hydrogens is 1670 g/mol. The first-order valence-corrected chi connectivity index (χ1v) is 53.2. The third-order valence-corrected chi connectivity index (χ3v) is 37.0. The lowest BCUT2D eigenvalue weighted by Gasteiger charge is -2.58. The highest BCUT2D eigenvalue weighted by Gasteiger charge is 2.53. The lowest BCUT2D eigenvalue weighted by molar-refractivity contribution is -0.385. The fourth-order valence-electron chi connectivity index (χ4n) is 30.6. The number of non-ortho nitro benzene ring substituents is 2. The van der Waals surface area contributed by atoms with Crippen LogP contribution in [-0.4, -0.2) is 235 Å². The van der Waals surface area contributed by atoms with Gasteiger partial charge in [0.1, 0.15) is 11.6 Å². The molecule has 22 aliphatic rings. The summed E-state index contributed by atoms with van der Waals surface area (Å²) in [6, 6.07) is 47.5. The smallest absolute Gasteiger partial charge is 0.269 e. The van der Waals surface area contributed by atoms with Gasteiger partial charge in [-0.15, -0.1) is 0 Å². The summed E-state index contributed by atoms with van der Waals surface area (Å²) in [5.74, 6) is 18.5. The molecular formula is C114H152F2N14O4. The van der Waals surface area contributed by atoms with Crippen LogP contribution in [0.25, 0.3) is 0 Å². The molecule has 12 unspecified atom stereocenters. The molecule has 12 atom stereocenters. The maximum atomic E-state index is 13.8. The summed E-state index contributed by atoms with van der Waals surface area (Å²) in [7, 11) is 0. The number of hydrogen-bond donors (Lipinski definition) is 0. The van der Waals surface area contributed by atoms with Crippen molar-refractivity contribution < 1.29 is 18.6 Å². The van der Waals surface area contributed by atoms with Crippen LogP contribution >= 0.6 is 0 Å². The second-order valence-electron chi connectivity index (χ2n) is 45.3. The van der Waals surface area contributed by atoms with Crippen molar-refractivity contribution in [3.63, 3.8) is 0 Å². The van der Waals surface area contributed by atoms with Crippen molar-refractivity contribution in [2.45, 2.75) is 142 Å². The summed E-state index contributed by atoms with van der Waals surface area (Å²) in [6.45, 7) is 36.3. The number of allylic oxidation sites excluding steroid dienone is 8. The van der Waals surface area contributed by atoms with Gasteiger partial charge < -0.3 is 29.4 Å². The van der Waals surface area contributed by atoms with E-state index in [9.17, 15) is 29.0 Å². The van der Waals surface area contributed by atoms with Crippen molar-refractivity contribution >= 4 is 45.5 Å². The van der Waals surface area contributed by atoms with E-state index in [0.29, 0.717) is 0 Å². The van der Waals surface area contributed by atoms with Gasteiger partial charge in [-0.2, -0.15) is 0 Å². The molecule has 28 rings (SSSR count). The van der Waals surface area contributed by atoms with E-state index in [1.807, 2.05) is 48.5 Å². The Kier molecular flexibility index (Phi) is 28.6. The van der Waals surface area contributed by atoms with Gasteiger partial charge in [0.25, 0.3) is 11.4 Å². The Hall–Kier alpha value is -8.50. The maximum absolute atomic E-state index is 13.8. The normalized spacial score (nSPS) is 34.1. The Morgan fingerprint density at radius 2 is 0.590 bits per heavy atom. The predicted octanol–water partition coefficient (Wildman–Crippen LogP) is 20.1. The summed E-state index contributed by atoms with van der Waals surface area (Å²) in [6.07, 6.45) is 45.9. The van der Waals surface area contributed by atoms with E-state index < -0.39 is 0 Å². The van der Waals surface area contributed by atoms with E-state index >= 15 is 0 Å². The zero-order valence-electron chi connectivity index (χ0n) is 80.4. The number of halogens is 2. The van der Waals surface area contributed by atoms with Crippen molar-refractivity contribution in [1.29, 1.82) is 0 Å². The fraction of sp³-hybridized carbons (Fsp3) is 0.614. The van der Waals surface area contributed by atoms with Crippen LogP contribution in [0, 0.1) is 164 Å². The minimum absolute atomic E-state index is 0.0933. The summed E-state index contributed by atoms with van der Waals surface area (Å²) in [5, 5.41) is 21.5. The Bertz CT molecular complexity index is 4950. The maximum Gasteiger partial charge on any atom is 0.269 e. The molecule has 18 nitrogen and oxygen atoms in total. The fourth-order valence-corrected chi connectivity index (χ4v) is 30.6. The molecule has 6 heterocycles. The Balaban J connectivity index is 0.0000000967. The van der Waals surface area contributed by atoms with Crippen molar-refractivity contribution in [3.8, 4) is 0 Å². The quantitative estimate of drug-likeness (QED) is 0.0460. The van der Waals surface area contributed by atoms with Crippen LogP contribution in [0.2, 0.25) is 0 Å². The van der Waals surface area contributed by atoms with Crippen LogP contribution < -0.4 is 29.4 Å². The number of nitro groups is 2. The van der Waals surface area contributed by atoms with Crippen LogP contribution in [0.3, 0.4) is 0 Å². The second-order valence-corrected chi connectivity index (χ2v) is 45.3. The van der Waals surface area contributed by atoms with Gasteiger partial charge in [-0.05, 0) is 338 Å². The highest BCUT2D eigenvalue weighted by molar-refractivity contribution is 5.57. The van der Waals surface area contributed by atoms with Crippen molar-refractivity contribution in [2.24, 2.45) is 118 Å². The first kappa shape index (κ1) is 91.9. The van der Waals surface area contributed by atoms with Crippen molar-refractivity contribution in [3.05, 3.63) is 237 Å². The summed E-state index contributed by atoms with van der Waals surface area (Å²) >= 11 is 0. The van der Waals surface area contributed by atoms with Crippen molar-refractivity contribution in [1.82, 2.24) is 29.4 Å². The van der Waals surface area contributed by atoms with E-state index in [-0.39, 0.29) is 32.9 Å². The minimum atomic E-state index is -0.342. The van der Waals surface area contributed by atoms with Crippen LogP contribution in [0.1, 0.15) is 127 Å². The Labute approximate surface area is 798 Å². The van der Waals surface area contributed by atoms with Gasteiger partial charge in [-0.1, -0.05) is 91.1 Å². The van der Waals surface area contributed by atoms with Gasteiger partial charge in [-0.3, -0.25) is 49.6 Å². The van der Waals surface area contributed by atoms with Crippen LogP contribution in [0.15, 0.2) is 194 Å². The molecule has 6 aromatic carbocycles. The molecule has 0 spiro atoms. The van der Waals surface area contributed by atoms with Gasteiger partial charge >= 0.3 is 0 Å².